The van der Waals surface area contributed by atoms with Crippen molar-refractivity contribution in [2.75, 3.05) is 5.75 Å². The number of nitrogens with one attached hydrogen (secondary N) is 1. The minimum Gasteiger partial charge on any atom is -0.413 e. The van der Waals surface area contributed by atoms with Crippen molar-refractivity contribution in [3.8, 4) is 0 Å². The number of nitrogens with zero attached hydrogens (tertiary/aromatic N) is 1. The molecule has 6 nitrogen and oxygen atoms in total. The second kappa shape index (κ2) is 5.68. The van der Waals surface area contributed by atoms with Crippen molar-refractivity contribution in [2.24, 2.45) is 0 Å². The van der Waals surface area contributed by atoms with Gasteiger partial charge in [0.25, 0.3) is 4.84 Å². The Bertz CT molecular complexity index is 772. The van der Waals surface area contributed by atoms with Gasteiger partial charge in [0.05, 0.1) is 0 Å². The summed E-state index contributed by atoms with van der Waals surface area (Å²) in [6.45, 7) is 1.89. The van der Waals surface area contributed by atoms with E-state index in [1.807, 2.05) is 6.92 Å². The SMILES string of the molecule is Cc1ccc(C(=O)CS(=O)(=O)Cc2n[nH]c(=S)o2)cc1. The number of hydrogen-bond acceptors (Lipinski definition) is 6. The van der Waals surface area contributed by atoms with E-state index in [0.717, 1.165) is 5.56 Å². The van der Waals surface area contributed by atoms with Gasteiger partial charge in [-0.3, -0.25) is 4.79 Å². The van der Waals surface area contributed by atoms with Crippen LogP contribution in [-0.2, 0) is 15.6 Å². The van der Waals surface area contributed by atoms with E-state index in [1.165, 1.54) is 0 Å². The fraction of sp³-hybridized carbons (Fsp3) is 0.250. The zero-order valence-electron chi connectivity index (χ0n) is 10.6. The smallest absolute Gasteiger partial charge is 0.284 e. The molecule has 2 aromatic rings. The first-order valence-corrected chi connectivity index (χ1v) is 7.93. The molecular formula is C12H12N2O4S2. The van der Waals surface area contributed by atoms with E-state index in [1.54, 1.807) is 24.3 Å². The van der Waals surface area contributed by atoms with Crippen LogP contribution < -0.4 is 0 Å². The summed E-state index contributed by atoms with van der Waals surface area (Å²) < 4.78 is 28.7. The van der Waals surface area contributed by atoms with Gasteiger partial charge in [0.2, 0.25) is 5.89 Å². The molecule has 8 heteroatoms. The van der Waals surface area contributed by atoms with Crippen molar-refractivity contribution in [2.45, 2.75) is 12.7 Å². The summed E-state index contributed by atoms with van der Waals surface area (Å²) in [6, 6.07) is 6.72. The van der Waals surface area contributed by atoms with Gasteiger partial charge in [0, 0.05) is 5.56 Å². The lowest BCUT2D eigenvalue weighted by Crippen LogP contribution is -2.18. The van der Waals surface area contributed by atoms with Gasteiger partial charge < -0.3 is 4.42 Å². The highest BCUT2D eigenvalue weighted by Gasteiger charge is 2.21. The van der Waals surface area contributed by atoms with Gasteiger partial charge in [0.15, 0.2) is 15.6 Å². The summed E-state index contributed by atoms with van der Waals surface area (Å²) in [5, 5.41) is 5.94. The maximum Gasteiger partial charge on any atom is 0.284 e. The maximum absolute atomic E-state index is 11.9. The van der Waals surface area contributed by atoms with Gasteiger partial charge in [-0.2, -0.15) is 0 Å². The Kier molecular flexibility index (Phi) is 4.15. The summed E-state index contributed by atoms with van der Waals surface area (Å²) >= 11 is 4.65. The quantitative estimate of drug-likeness (QED) is 0.669. The molecule has 0 aliphatic rings. The van der Waals surface area contributed by atoms with Crippen LogP contribution in [0.3, 0.4) is 0 Å². The predicted octanol–water partition coefficient (Wildman–Crippen LogP) is 1.84. The third kappa shape index (κ3) is 3.84. The lowest BCUT2D eigenvalue weighted by molar-refractivity contribution is 0.102. The van der Waals surface area contributed by atoms with E-state index in [4.69, 9.17) is 4.42 Å². The number of carbonyl (C=O) groups excluding carboxylic acids is 1. The number of aromatic nitrogens is 2. The van der Waals surface area contributed by atoms with Crippen LogP contribution in [0.5, 0.6) is 0 Å². The lowest BCUT2D eigenvalue weighted by Gasteiger charge is -2.02. The molecule has 1 heterocycles. The normalized spacial score (nSPS) is 11.4. The van der Waals surface area contributed by atoms with Gasteiger partial charge in [-0.15, -0.1) is 5.10 Å². The number of carbonyl (C=O) groups is 1. The Labute approximate surface area is 120 Å². The molecule has 20 heavy (non-hydrogen) atoms. The molecule has 0 fully saturated rings. The number of sulfone groups is 1. The molecule has 0 aliphatic carbocycles. The molecule has 0 saturated carbocycles. The predicted molar refractivity (Wildman–Crippen MR) is 74.7 cm³/mol. The van der Waals surface area contributed by atoms with Gasteiger partial charge in [-0.05, 0) is 19.1 Å². The van der Waals surface area contributed by atoms with Gasteiger partial charge in [0.1, 0.15) is 11.5 Å². The second-order valence-electron chi connectivity index (χ2n) is 4.33. The first kappa shape index (κ1) is 14.6. The molecule has 0 aliphatic heterocycles. The van der Waals surface area contributed by atoms with Crippen LogP contribution in [0.2, 0.25) is 0 Å². The Morgan fingerprint density at radius 1 is 1.35 bits per heavy atom. The van der Waals surface area contributed by atoms with Crippen molar-refractivity contribution < 1.29 is 17.6 Å². The number of rotatable bonds is 5. The minimum absolute atomic E-state index is 0.0000566. The first-order valence-electron chi connectivity index (χ1n) is 5.70. The van der Waals surface area contributed by atoms with E-state index in [0.29, 0.717) is 5.56 Å². The van der Waals surface area contributed by atoms with E-state index < -0.39 is 27.1 Å². The number of ketones is 1. The van der Waals surface area contributed by atoms with Crippen molar-refractivity contribution in [1.82, 2.24) is 10.2 Å². The van der Waals surface area contributed by atoms with Crippen LogP contribution in [0.15, 0.2) is 28.7 Å². The molecule has 0 radical (unpaired) electrons. The number of hydrogen-bond donors (Lipinski definition) is 1. The number of Topliss-reactive ketones (excluding diaryl/α,β-unsaturated/α-hetero) is 1. The van der Waals surface area contributed by atoms with Crippen molar-refractivity contribution >= 4 is 27.8 Å². The van der Waals surface area contributed by atoms with Crippen molar-refractivity contribution in [3.63, 3.8) is 0 Å². The fourth-order valence-corrected chi connectivity index (χ4v) is 2.89. The maximum atomic E-state index is 11.9. The fourth-order valence-electron chi connectivity index (χ4n) is 1.58. The molecule has 0 saturated heterocycles. The lowest BCUT2D eigenvalue weighted by atomic mass is 10.1. The molecule has 106 valence electrons. The van der Waals surface area contributed by atoms with Crippen molar-refractivity contribution in [1.29, 1.82) is 0 Å². The number of aryl methyl sites for hydroxylation is 1. The highest BCUT2D eigenvalue weighted by atomic mass is 32.2. The monoisotopic (exact) mass is 312 g/mol. The molecule has 0 bridgehead atoms. The molecule has 1 N–H and O–H groups in total. The molecule has 2 rings (SSSR count). The number of benzene rings is 1. The third-order valence-electron chi connectivity index (χ3n) is 2.55. The Hall–Kier alpha value is -1.80. The Morgan fingerprint density at radius 3 is 2.55 bits per heavy atom. The summed E-state index contributed by atoms with van der Waals surface area (Å²) in [5.41, 5.74) is 1.36. The van der Waals surface area contributed by atoms with Crippen LogP contribution in [0.1, 0.15) is 21.8 Å². The first-order chi connectivity index (χ1) is 9.35. The van der Waals surface area contributed by atoms with Crippen LogP contribution in [-0.4, -0.2) is 30.2 Å². The Morgan fingerprint density at radius 2 is 2.00 bits per heavy atom. The highest BCUT2D eigenvalue weighted by molar-refractivity contribution is 7.91. The average molecular weight is 312 g/mol. The van der Waals surface area contributed by atoms with E-state index in [-0.39, 0.29) is 10.7 Å². The third-order valence-corrected chi connectivity index (χ3v) is 4.11. The molecule has 1 aromatic carbocycles. The topological polar surface area (TPSA) is 93.0 Å². The van der Waals surface area contributed by atoms with Crippen LogP contribution >= 0.6 is 12.2 Å². The van der Waals surface area contributed by atoms with Crippen LogP contribution in [0.4, 0.5) is 0 Å². The highest BCUT2D eigenvalue weighted by Crippen LogP contribution is 2.09. The standard InChI is InChI=1S/C12H12N2O4S2/c1-8-2-4-9(5-3-8)10(15)6-20(16,17)7-11-13-14-12(19)18-11/h2-5H,6-7H2,1H3,(H,14,19). The Balaban J connectivity index is 2.10. The van der Waals surface area contributed by atoms with Crippen molar-refractivity contribution in [3.05, 3.63) is 46.1 Å². The van der Waals surface area contributed by atoms with Crippen LogP contribution in [0, 0.1) is 11.8 Å². The largest absolute Gasteiger partial charge is 0.413 e. The zero-order valence-corrected chi connectivity index (χ0v) is 12.3. The van der Waals surface area contributed by atoms with E-state index in [2.05, 4.69) is 22.4 Å². The van der Waals surface area contributed by atoms with E-state index >= 15 is 0 Å². The summed E-state index contributed by atoms with van der Waals surface area (Å²) in [7, 11) is -3.65. The summed E-state index contributed by atoms with van der Waals surface area (Å²) in [6.07, 6.45) is 0. The van der Waals surface area contributed by atoms with E-state index in [9.17, 15) is 13.2 Å². The summed E-state index contributed by atoms with van der Waals surface area (Å²) in [4.78, 5) is 11.9. The van der Waals surface area contributed by atoms with Gasteiger partial charge in [-0.1, -0.05) is 29.8 Å². The van der Waals surface area contributed by atoms with Gasteiger partial charge >= 0.3 is 0 Å². The molecule has 1 aromatic heterocycles. The molecule has 0 atom stereocenters. The molecular weight excluding hydrogens is 300 g/mol. The zero-order chi connectivity index (χ0) is 14.8. The minimum atomic E-state index is -3.65. The molecule has 0 spiro atoms. The average Bonchev–Trinajstić information content (AvgIpc) is 2.73. The summed E-state index contributed by atoms with van der Waals surface area (Å²) in [5.74, 6) is -1.56. The number of H-pyrrole nitrogens is 1. The second-order valence-corrected chi connectivity index (χ2v) is 6.76. The molecule has 0 unspecified atom stereocenters. The van der Waals surface area contributed by atoms with Crippen LogP contribution in [0.25, 0.3) is 0 Å². The van der Waals surface area contributed by atoms with Gasteiger partial charge in [-0.25, -0.2) is 13.5 Å². The molecule has 0 amide bonds. The number of aromatic amines is 1.